The SMILES string of the molecule is CCC(C(=O)NC)N(Cc1ccc(OC)cc1)C(=O)CN(c1cc([N+](=O)[O-])ccc1OC)S(C)(=O)=O. The second-order valence-corrected chi connectivity index (χ2v) is 9.70. The van der Waals surface area contributed by atoms with Gasteiger partial charge in [0, 0.05) is 25.7 Å². The van der Waals surface area contributed by atoms with Gasteiger partial charge in [-0.05, 0) is 30.2 Å². The van der Waals surface area contributed by atoms with Crippen molar-refractivity contribution in [2.45, 2.75) is 25.9 Å². The second-order valence-electron chi connectivity index (χ2n) is 7.79. The number of carbonyl (C=O) groups excluding carboxylic acids is 2. The highest BCUT2D eigenvalue weighted by molar-refractivity contribution is 7.92. The van der Waals surface area contributed by atoms with Gasteiger partial charge >= 0.3 is 0 Å². The summed E-state index contributed by atoms with van der Waals surface area (Å²) in [6.07, 6.45) is 1.14. The molecule has 1 atom stereocenters. The minimum absolute atomic E-state index is 0.0123. The van der Waals surface area contributed by atoms with Crippen LogP contribution in [0.2, 0.25) is 0 Å². The molecular formula is C23H30N4O8S. The highest BCUT2D eigenvalue weighted by Gasteiger charge is 2.32. The number of methoxy groups -OCH3 is 2. The van der Waals surface area contributed by atoms with E-state index >= 15 is 0 Å². The molecule has 2 amide bonds. The van der Waals surface area contributed by atoms with E-state index in [1.54, 1.807) is 31.2 Å². The molecule has 0 fully saturated rings. The van der Waals surface area contributed by atoms with E-state index < -0.39 is 39.3 Å². The Bertz CT molecular complexity index is 1200. The molecule has 0 aliphatic heterocycles. The van der Waals surface area contributed by atoms with Crippen molar-refractivity contribution in [3.05, 3.63) is 58.1 Å². The first-order chi connectivity index (χ1) is 17.0. The maximum Gasteiger partial charge on any atom is 0.271 e. The van der Waals surface area contributed by atoms with E-state index in [0.29, 0.717) is 11.3 Å². The van der Waals surface area contributed by atoms with Gasteiger partial charge in [-0.25, -0.2) is 8.42 Å². The van der Waals surface area contributed by atoms with Gasteiger partial charge in [0.25, 0.3) is 5.69 Å². The number of nitro benzene ring substituents is 1. The predicted molar refractivity (Wildman–Crippen MR) is 134 cm³/mol. The van der Waals surface area contributed by atoms with Crippen LogP contribution in [0.1, 0.15) is 18.9 Å². The molecule has 0 saturated heterocycles. The molecule has 13 heteroatoms. The zero-order chi connectivity index (χ0) is 27.0. The summed E-state index contributed by atoms with van der Waals surface area (Å²) in [5.41, 5.74) is 0.143. The number of ether oxygens (including phenoxy) is 2. The highest BCUT2D eigenvalue weighted by atomic mass is 32.2. The number of nitrogens with zero attached hydrogens (tertiary/aromatic N) is 3. The summed E-state index contributed by atoms with van der Waals surface area (Å²) in [6, 6.07) is 9.42. The number of likely N-dealkylation sites (N-methyl/N-ethyl adjacent to an activating group) is 1. The monoisotopic (exact) mass is 522 g/mol. The average molecular weight is 523 g/mol. The van der Waals surface area contributed by atoms with Gasteiger partial charge in [0.1, 0.15) is 29.8 Å². The molecule has 0 bridgehead atoms. The van der Waals surface area contributed by atoms with Gasteiger partial charge in [0.15, 0.2) is 0 Å². The predicted octanol–water partition coefficient (Wildman–Crippen LogP) is 1.93. The van der Waals surface area contributed by atoms with E-state index in [-0.39, 0.29) is 30.1 Å². The van der Waals surface area contributed by atoms with Gasteiger partial charge in [0.2, 0.25) is 21.8 Å². The lowest BCUT2D eigenvalue weighted by molar-refractivity contribution is -0.384. The van der Waals surface area contributed by atoms with Crippen molar-refractivity contribution in [3.63, 3.8) is 0 Å². The van der Waals surface area contributed by atoms with Crippen LogP contribution >= 0.6 is 0 Å². The van der Waals surface area contributed by atoms with E-state index in [9.17, 15) is 28.1 Å². The number of amides is 2. The van der Waals surface area contributed by atoms with E-state index in [1.807, 2.05) is 0 Å². The first kappa shape index (κ1) is 28.4. The topological polar surface area (TPSA) is 148 Å². The molecule has 0 aliphatic carbocycles. The maximum atomic E-state index is 13.6. The van der Waals surface area contributed by atoms with E-state index in [1.165, 1.54) is 38.3 Å². The van der Waals surface area contributed by atoms with Crippen LogP contribution in [0.5, 0.6) is 11.5 Å². The quantitative estimate of drug-likeness (QED) is 0.328. The Hall–Kier alpha value is -3.87. The molecular weight excluding hydrogens is 492 g/mol. The van der Waals surface area contributed by atoms with Gasteiger partial charge in [0.05, 0.1) is 25.4 Å². The minimum Gasteiger partial charge on any atom is -0.497 e. The molecule has 0 heterocycles. The Kier molecular flexibility index (Phi) is 9.61. The molecule has 0 spiro atoms. The Morgan fingerprint density at radius 1 is 1.11 bits per heavy atom. The van der Waals surface area contributed by atoms with Crippen molar-refractivity contribution in [2.75, 3.05) is 38.4 Å². The Balaban J connectivity index is 2.53. The molecule has 36 heavy (non-hydrogen) atoms. The largest absolute Gasteiger partial charge is 0.497 e. The fourth-order valence-corrected chi connectivity index (χ4v) is 4.44. The van der Waals surface area contributed by atoms with E-state index in [2.05, 4.69) is 5.32 Å². The number of rotatable bonds is 12. The zero-order valence-corrected chi connectivity index (χ0v) is 21.6. The van der Waals surface area contributed by atoms with Gasteiger partial charge in [-0.2, -0.15) is 0 Å². The Labute approximate surface area is 210 Å². The highest BCUT2D eigenvalue weighted by Crippen LogP contribution is 2.34. The molecule has 2 rings (SSSR count). The lowest BCUT2D eigenvalue weighted by Crippen LogP contribution is -2.51. The lowest BCUT2D eigenvalue weighted by Gasteiger charge is -2.32. The van der Waals surface area contributed by atoms with Gasteiger partial charge in [-0.15, -0.1) is 0 Å². The smallest absolute Gasteiger partial charge is 0.271 e. The molecule has 1 N–H and O–H groups in total. The molecule has 12 nitrogen and oxygen atoms in total. The zero-order valence-electron chi connectivity index (χ0n) is 20.8. The van der Waals surface area contributed by atoms with Crippen molar-refractivity contribution < 1.29 is 32.4 Å². The lowest BCUT2D eigenvalue weighted by atomic mass is 10.1. The molecule has 0 aliphatic rings. The van der Waals surface area contributed by atoms with Crippen molar-refractivity contribution in [1.29, 1.82) is 0 Å². The summed E-state index contributed by atoms with van der Waals surface area (Å²) in [7, 11) is 0.145. The number of hydrogen-bond donors (Lipinski definition) is 1. The van der Waals surface area contributed by atoms with Crippen LogP contribution < -0.4 is 19.1 Å². The van der Waals surface area contributed by atoms with Crippen molar-refractivity contribution >= 4 is 33.2 Å². The number of sulfonamides is 1. The third-order valence-electron chi connectivity index (χ3n) is 5.47. The van der Waals surface area contributed by atoms with Gasteiger partial charge in [-0.1, -0.05) is 19.1 Å². The van der Waals surface area contributed by atoms with Crippen LogP contribution in [0, 0.1) is 10.1 Å². The van der Waals surface area contributed by atoms with E-state index in [4.69, 9.17) is 9.47 Å². The third-order valence-corrected chi connectivity index (χ3v) is 6.59. The summed E-state index contributed by atoms with van der Waals surface area (Å²) in [4.78, 5) is 38.1. The molecule has 0 radical (unpaired) electrons. The van der Waals surface area contributed by atoms with Gasteiger partial charge in [-0.3, -0.25) is 24.0 Å². The first-order valence-corrected chi connectivity index (χ1v) is 12.8. The average Bonchev–Trinajstić information content (AvgIpc) is 2.85. The van der Waals surface area contributed by atoms with Crippen LogP contribution in [-0.2, 0) is 26.2 Å². The third kappa shape index (κ3) is 6.84. The summed E-state index contributed by atoms with van der Waals surface area (Å²) in [5, 5.41) is 13.8. The van der Waals surface area contributed by atoms with Crippen molar-refractivity contribution in [3.8, 4) is 11.5 Å². The van der Waals surface area contributed by atoms with Crippen LogP contribution in [0.4, 0.5) is 11.4 Å². The van der Waals surface area contributed by atoms with E-state index in [0.717, 1.165) is 16.6 Å². The number of anilines is 1. The number of carbonyl (C=O) groups is 2. The van der Waals surface area contributed by atoms with Crippen LogP contribution in [0.3, 0.4) is 0 Å². The molecule has 0 saturated carbocycles. The summed E-state index contributed by atoms with van der Waals surface area (Å²) in [6.45, 7) is 1.03. The summed E-state index contributed by atoms with van der Waals surface area (Å²) < 4.78 is 36.6. The number of hydrogen-bond acceptors (Lipinski definition) is 8. The normalized spacial score (nSPS) is 11.8. The standard InChI is InChI=1S/C23H30N4O8S/c1-6-19(23(29)24-2)25(14-16-7-10-18(34-3)11-8-16)22(28)15-26(36(5,32)33)20-13-17(27(30)31)9-12-21(20)35-4/h7-13,19H,6,14-15H2,1-5H3,(H,24,29). The minimum atomic E-state index is -4.10. The van der Waals surface area contributed by atoms with Crippen LogP contribution in [-0.4, -0.2) is 70.2 Å². The molecule has 2 aromatic rings. The van der Waals surface area contributed by atoms with Crippen molar-refractivity contribution in [1.82, 2.24) is 10.2 Å². The Morgan fingerprint density at radius 2 is 1.75 bits per heavy atom. The van der Waals surface area contributed by atoms with Crippen molar-refractivity contribution in [2.24, 2.45) is 0 Å². The number of non-ortho nitro benzene ring substituents is 1. The fourth-order valence-electron chi connectivity index (χ4n) is 3.60. The maximum absolute atomic E-state index is 13.6. The number of benzene rings is 2. The van der Waals surface area contributed by atoms with Crippen LogP contribution in [0.25, 0.3) is 0 Å². The number of nitrogens with one attached hydrogen (secondary N) is 1. The fraction of sp³-hybridized carbons (Fsp3) is 0.391. The van der Waals surface area contributed by atoms with Crippen LogP contribution in [0.15, 0.2) is 42.5 Å². The first-order valence-electron chi connectivity index (χ1n) is 10.9. The number of nitro groups is 1. The summed E-state index contributed by atoms with van der Waals surface area (Å²) in [5.74, 6) is -0.465. The Morgan fingerprint density at radius 3 is 2.22 bits per heavy atom. The molecule has 2 aromatic carbocycles. The molecule has 196 valence electrons. The van der Waals surface area contributed by atoms with Gasteiger partial charge < -0.3 is 19.7 Å². The summed E-state index contributed by atoms with van der Waals surface area (Å²) >= 11 is 0. The molecule has 0 aromatic heterocycles. The second kappa shape index (κ2) is 12.2. The molecule has 1 unspecified atom stereocenters.